The summed E-state index contributed by atoms with van der Waals surface area (Å²) < 4.78 is 5.75. The number of nitrogens with zero attached hydrogens (tertiary/aromatic N) is 2. The van der Waals surface area contributed by atoms with Crippen LogP contribution in [-0.2, 0) is 4.79 Å². The van der Waals surface area contributed by atoms with Gasteiger partial charge >= 0.3 is 0 Å². The number of amides is 1. The smallest absolute Gasteiger partial charge is 0.229 e. The average molecular weight is 404 g/mol. The molecule has 1 N–H and O–H groups in total. The van der Waals surface area contributed by atoms with E-state index in [0.717, 1.165) is 63.5 Å². The predicted octanol–water partition coefficient (Wildman–Crippen LogP) is 2.97. The van der Waals surface area contributed by atoms with Gasteiger partial charge in [-0.2, -0.15) is 0 Å². The summed E-state index contributed by atoms with van der Waals surface area (Å²) in [5, 5.41) is 3.38. The first-order chi connectivity index (χ1) is 11.6. The largest absolute Gasteiger partial charge is 0.492 e. The number of hydrogen-bond acceptors (Lipinski definition) is 4. The van der Waals surface area contributed by atoms with Crippen molar-refractivity contribution in [3.05, 3.63) is 24.3 Å². The monoisotopic (exact) mass is 403 g/mol. The van der Waals surface area contributed by atoms with Crippen molar-refractivity contribution in [3.63, 3.8) is 0 Å². The lowest BCUT2D eigenvalue weighted by atomic mass is 9.81. The van der Waals surface area contributed by atoms with Crippen LogP contribution in [0.15, 0.2) is 24.3 Å². The summed E-state index contributed by atoms with van der Waals surface area (Å²) in [6.45, 7) is 9.91. The van der Waals surface area contributed by atoms with E-state index in [0.29, 0.717) is 12.5 Å². The van der Waals surface area contributed by atoms with E-state index in [2.05, 4.69) is 23.2 Å². The van der Waals surface area contributed by atoms with Crippen LogP contribution in [-0.4, -0.2) is 56.7 Å². The Labute approximate surface area is 169 Å². The lowest BCUT2D eigenvalue weighted by molar-refractivity contribution is -0.142. The Morgan fingerprint density at radius 2 is 1.88 bits per heavy atom. The molecule has 2 heterocycles. The standard InChI is InChI=1S/C19H29N3O2.2ClH/c1-3-24-17-8-5-4-7-16(17)21-11-13-22(14-12-21)18(23)19(2)9-6-10-20-15-19;;/h4-5,7-8,20H,3,6,9-15H2,1-2H3;2*1H. The molecule has 0 aliphatic carbocycles. The van der Waals surface area contributed by atoms with E-state index < -0.39 is 0 Å². The molecule has 1 atom stereocenters. The minimum atomic E-state index is -0.232. The highest BCUT2D eigenvalue weighted by Gasteiger charge is 2.38. The lowest BCUT2D eigenvalue weighted by Crippen LogP contribution is -2.56. The minimum absolute atomic E-state index is 0. The van der Waals surface area contributed by atoms with E-state index in [-0.39, 0.29) is 30.2 Å². The fourth-order valence-electron chi connectivity index (χ4n) is 3.77. The molecule has 26 heavy (non-hydrogen) atoms. The number of rotatable bonds is 4. The van der Waals surface area contributed by atoms with Crippen molar-refractivity contribution in [2.45, 2.75) is 26.7 Å². The van der Waals surface area contributed by atoms with Crippen molar-refractivity contribution >= 4 is 36.4 Å². The molecule has 1 amide bonds. The fourth-order valence-corrected chi connectivity index (χ4v) is 3.77. The van der Waals surface area contributed by atoms with Crippen LogP contribution < -0.4 is 15.0 Å². The second-order valence-electron chi connectivity index (χ2n) is 7.02. The molecule has 0 radical (unpaired) electrons. The van der Waals surface area contributed by atoms with Crippen molar-refractivity contribution in [3.8, 4) is 5.75 Å². The van der Waals surface area contributed by atoms with Gasteiger partial charge in [0.15, 0.2) is 0 Å². The SMILES string of the molecule is CCOc1ccccc1N1CCN(C(=O)C2(C)CCCNC2)CC1.Cl.Cl. The number of nitrogens with one attached hydrogen (secondary N) is 1. The summed E-state index contributed by atoms with van der Waals surface area (Å²) in [5.41, 5.74) is 0.904. The Morgan fingerprint density at radius 1 is 1.19 bits per heavy atom. The molecule has 3 rings (SSSR count). The Bertz CT molecular complexity index is 572. The van der Waals surface area contributed by atoms with E-state index >= 15 is 0 Å². The summed E-state index contributed by atoms with van der Waals surface area (Å²) in [5.74, 6) is 1.25. The molecule has 2 aliphatic heterocycles. The normalized spacial score (nSPS) is 22.8. The van der Waals surface area contributed by atoms with Crippen LogP contribution in [0.3, 0.4) is 0 Å². The number of piperidine rings is 1. The maximum Gasteiger partial charge on any atom is 0.229 e. The molecular weight excluding hydrogens is 373 g/mol. The van der Waals surface area contributed by atoms with E-state index in [4.69, 9.17) is 4.74 Å². The highest BCUT2D eigenvalue weighted by atomic mass is 35.5. The van der Waals surface area contributed by atoms with Gasteiger partial charge in [0, 0.05) is 32.7 Å². The van der Waals surface area contributed by atoms with Crippen LogP contribution in [0.1, 0.15) is 26.7 Å². The topological polar surface area (TPSA) is 44.8 Å². The zero-order valence-corrected chi connectivity index (χ0v) is 17.3. The number of ether oxygens (including phenoxy) is 1. The molecule has 2 fully saturated rings. The molecule has 0 spiro atoms. The van der Waals surface area contributed by atoms with Gasteiger partial charge in [0.2, 0.25) is 5.91 Å². The number of carbonyl (C=O) groups is 1. The second kappa shape index (κ2) is 10.2. The number of piperazine rings is 1. The Hall–Kier alpha value is -1.17. The minimum Gasteiger partial charge on any atom is -0.492 e. The van der Waals surface area contributed by atoms with Gasteiger partial charge in [-0.15, -0.1) is 24.8 Å². The zero-order chi connectivity index (χ0) is 17.0. The van der Waals surface area contributed by atoms with Gasteiger partial charge in [0.1, 0.15) is 5.75 Å². The molecule has 0 saturated carbocycles. The number of benzene rings is 1. The van der Waals surface area contributed by atoms with Crippen LogP contribution in [0.25, 0.3) is 0 Å². The van der Waals surface area contributed by atoms with Crippen LogP contribution in [0, 0.1) is 5.41 Å². The van der Waals surface area contributed by atoms with Crippen molar-refractivity contribution < 1.29 is 9.53 Å². The van der Waals surface area contributed by atoms with Crippen molar-refractivity contribution in [1.29, 1.82) is 0 Å². The molecule has 1 aromatic carbocycles. The fraction of sp³-hybridized carbons (Fsp3) is 0.632. The van der Waals surface area contributed by atoms with Crippen LogP contribution in [0.4, 0.5) is 5.69 Å². The van der Waals surface area contributed by atoms with E-state index in [9.17, 15) is 4.79 Å². The van der Waals surface area contributed by atoms with E-state index in [1.165, 1.54) is 0 Å². The van der Waals surface area contributed by atoms with Gasteiger partial charge in [-0.25, -0.2) is 0 Å². The van der Waals surface area contributed by atoms with Crippen LogP contribution in [0.2, 0.25) is 0 Å². The first-order valence-electron chi connectivity index (χ1n) is 9.11. The average Bonchev–Trinajstić information content (AvgIpc) is 2.63. The summed E-state index contributed by atoms with van der Waals surface area (Å²) in [6.07, 6.45) is 2.08. The van der Waals surface area contributed by atoms with Gasteiger partial charge in [-0.1, -0.05) is 12.1 Å². The first-order valence-corrected chi connectivity index (χ1v) is 9.11. The predicted molar refractivity (Wildman–Crippen MR) is 111 cm³/mol. The first kappa shape index (κ1) is 22.9. The quantitative estimate of drug-likeness (QED) is 0.838. The number of halogens is 2. The molecule has 7 heteroatoms. The zero-order valence-electron chi connectivity index (χ0n) is 15.7. The molecular formula is C19H31Cl2N3O2. The maximum absolute atomic E-state index is 12.9. The summed E-state index contributed by atoms with van der Waals surface area (Å²) in [4.78, 5) is 17.3. The molecule has 2 aliphatic rings. The lowest BCUT2D eigenvalue weighted by Gasteiger charge is -2.42. The van der Waals surface area contributed by atoms with Crippen molar-refractivity contribution in [2.24, 2.45) is 5.41 Å². The molecule has 0 aromatic heterocycles. The number of carbonyl (C=O) groups excluding carboxylic acids is 1. The third kappa shape index (κ3) is 4.96. The molecule has 1 aromatic rings. The van der Waals surface area contributed by atoms with E-state index in [1.807, 2.05) is 30.0 Å². The molecule has 2 saturated heterocycles. The Kier molecular flexibility index (Phi) is 9.01. The summed E-state index contributed by atoms with van der Waals surface area (Å²) in [6, 6.07) is 8.18. The van der Waals surface area contributed by atoms with Gasteiger partial charge in [-0.05, 0) is 45.4 Å². The van der Waals surface area contributed by atoms with Gasteiger partial charge < -0.3 is 19.9 Å². The summed E-state index contributed by atoms with van der Waals surface area (Å²) >= 11 is 0. The highest BCUT2D eigenvalue weighted by molar-refractivity contribution is 5.85. The van der Waals surface area contributed by atoms with Gasteiger partial charge in [0.05, 0.1) is 17.7 Å². The number of anilines is 1. The third-order valence-corrected chi connectivity index (χ3v) is 5.19. The van der Waals surface area contributed by atoms with E-state index in [1.54, 1.807) is 0 Å². The van der Waals surface area contributed by atoms with Crippen LogP contribution >= 0.6 is 24.8 Å². The molecule has 148 valence electrons. The number of para-hydroxylation sites is 2. The number of hydrogen-bond donors (Lipinski definition) is 1. The Balaban J connectivity index is 0.00000169. The Morgan fingerprint density at radius 3 is 2.50 bits per heavy atom. The van der Waals surface area contributed by atoms with Gasteiger partial charge in [0.25, 0.3) is 0 Å². The second-order valence-corrected chi connectivity index (χ2v) is 7.02. The van der Waals surface area contributed by atoms with Gasteiger partial charge in [-0.3, -0.25) is 4.79 Å². The molecule has 0 bridgehead atoms. The summed E-state index contributed by atoms with van der Waals surface area (Å²) in [7, 11) is 0. The maximum atomic E-state index is 12.9. The molecule has 1 unspecified atom stereocenters. The highest BCUT2D eigenvalue weighted by Crippen LogP contribution is 2.31. The van der Waals surface area contributed by atoms with Crippen molar-refractivity contribution in [1.82, 2.24) is 10.2 Å². The third-order valence-electron chi connectivity index (χ3n) is 5.19. The molecule has 5 nitrogen and oxygen atoms in total. The van der Waals surface area contributed by atoms with Crippen molar-refractivity contribution in [2.75, 3.05) is 50.8 Å². The van der Waals surface area contributed by atoms with Crippen LogP contribution in [0.5, 0.6) is 5.75 Å².